The fourth-order valence-electron chi connectivity index (χ4n) is 1.72. The molecular formula is C14H15N. The average molecular weight is 197 g/mol. The van der Waals surface area contributed by atoms with E-state index in [9.17, 15) is 0 Å². The minimum absolute atomic E-state index is 0.423. The van der Waals surface area contributed by atoms with Gasteiger partial charge in [0, 0.05) is 11.6 Å². The zero-order valence-corrected chi connectivity index (χ0v) is 8.85. The molecule has 0 spiro atoms. The standard InChI is InChI=1S/C14H15N/c1-11(12-5-3-2-4-6-12)13-7-9-14(15)10-8-13/h2-11H,15H2,1H3/t11-/m1/s1. The van der Waals surface area contributed by atoms with Crippen molar-refractivity contribution in [2.24, 2.45) is 0 Å². The van der Waals surface area contributed by atoms with Gasteiger partial charge in [-0.05, 0) is 23.3 Å². The summed E-state index contributed by atoms with van der Waals surface area (Å²) in [5.41, 5.74) is 9.12. The molecule has 2 aromatic carbocycles. The molecule has 76 valence electrons. The molecule has 2 N–H and O–H groups in total. The van der Waals surface area contributed by atoms with Crippen LogP contribution in [0.25, 0.3) is 0 Å². The van der Waals surface area contributed by atoms with Crippen molar-refractivity contribution in [2.45, 2.75) is 12.8 Å². The van der Waals surface area contributed by atoms with Crippen LogP contribution in [0.5, 0.6) is 0 Å². The van der Waals surface area contributed by atoms with Crippen LogP contribution in [0.15, 0.2) is 54.6 Å². The number of benzene rings is 2. The van der Waals surface area contributed by atoms with E-state index in [2.05, 4.69) is 43.3 Å². The van der Waals surface area contributed by atoms with E-state index in [-0.39, 0.29) is 0 Å². The molecule has 15 heavy (non-hydrogen) atoms. The fraction of sp³-hybridized carbons (Fsp3) is 0.143. The van der Waals surface area contributed by atoms with Gasteiger partial charge in [-0.15, -0.1) is 0 Å². The predicted octanol–water partition coefficient (Wildman–Crippen LogP) is 3.42. The summed E-state index contributed by atoms with van der Waals surface area (Å²) >= 11 is 0. The van der Waals surface area contributed by atoms with Crippen molar-refractivity contribution >= 4 is 5.69 Å². The van der Waals surface area contributed by atoms with Gasteiger partial charge in [-0.3, -0.25) is 0 Å². The molecule has 0 bridgehead atoms. The van der Waals surface area contributed by atoms with Gasteiger partial charge in [0.25, 0.3) is 0 Å². The number of hydrogen-bond donors (Lipinski definition) is 1. The molecule has 0 radical (unpaired) electrons. The molecule has 1 nitrogen and oxygen atoms in total. The first-order valence-electron chi connectivity index (χ1n) is 5.18. The molecule has 2 aromatic rings. The second kappa shape index (κ2) is 4.18. The van der Waals surface area contributed by atoms with E-state index in [1.54, 1.807) is 0 Å². The van der Waals surface area contributed by atoms with Gasteiger partial charge in [-0.2, -0.15) is 0 Å². The lowest BCUT2D eigenvalue weighted by Gasteiger charge is -2.12. The molecule has 2 rings (SSSR count). The van der Waals surface area contributed by atoms with Gasteiger partial charge in [-0.1, -0.05) is 49.4 Å². The minimum atomic E-state index is 0.423. The molecule has 0 saturated heterocycles. The Morgan fingerprint density at radius 2 is 1.33 bits per heavy atom. The molecule has 0 saturated carbocycles. The van der Waals surface area contributed by atoms with E-state index < -0.39 is 0 Å². The molecule has 1 atom stereocenters. The van der Waals surface area contributed by atoms with Gasteiger partial charge < -0.3 is 5.73 Å². The van der Waals surface area contributed by atoms with E-state index in [1.165, 1.54) is 11.1 Å². The second-order valence-corrected chi connectivity index (χ2v) is 3.80. The van der Waals surface area contributed by atoms with Crippen LogP contribution < -0.4 is 5.73 Å². The van der Waals surface area contributed by atoms with E-state index in [4.69, 9.17) is 5.73 Å². The molecular weight excluding hydrogens is 182 g/mol. The van der Waals surface area contributed by atoms with Gasteiger partial charge in [-0.25, -0.2) is 0 Å². The Bertz CT molecular complexity index is 417. The lowest BCUT2D eigenvalue weighted by Crippen LogP contribution is -1.95. The molecule has 0 aliphatic heterocycles. The van der Waals surface area contributed by atoms with Crippen LogP contribution in [0.2, 0.25) is 0 Å². The Kier molecular flexibility index (Phi) is 2.72. The molecule has 0 heterocycles. The second-order valence-electron chi connectivity index (χ2n) is 3.80. The smallest absolute Gasteiger partial charge is 0.0314 e. The normalized spacial score (nSPS) is 12.3. The molecule has 0 unspecified atom stereocenters. The number of nitrogen functional groups attached to an aromatic ring is 1. The van der Waals surface area contributed by atoms with Crippen molar-refractivity contribution in [2.75, 3.05) is 5.73 Å². The molecule has 1 heteroatoms. The van der Waals surface area contributed by atoms with Crippen molar-refractivity contribution in [3.8, 4) is 0 Å². The summed E-state index contributed by atoms with van der Waals surface area (Å²) in [4.78, 5) is 0. The van der Waals surface area contributed by atoms with Gasteiger partial charge in [0.05, 0.1) is 0 Å². The molecule has 0 amide bonds. The predicted molar refractivity (Wildman–Crippen MR) is 64.8 cm³/mol. The van der Waals surface area contributed by atoms with Crippen LogP contribution in [0, 0.1) is 0 Å². The molecule has 0 aliphatic rings. The largest absolute Gasteiger partial charge is 0.399 e. The molecule has 0 aliphatic carbocycles. The lowest BCUT2D eigenvalue weighted by molar-refractivity contribution is 0.923. The highest BCUT2D eigenvalue weighted by Gasteiger charge is 2.06. The number of nitrogens with two attached hydrogens (primary N) is 1. The van der Waals surface area contributed by atoms with Crippen molar-refractivity contribution in [1.29, 1.82) is 0 Å². The van der Waals surface area contributed by atoms with E-state index in [0.717, 1.165) is 5.69 Å². The Morgan fingerprint density at radius 3 is 1.93 bits per heavy atom. The Labute approximate surface area is 90.6 Å². The highest BCUT2D eigenvalue weighted by atomic mass is 14.5. The monoisotopic (exact) mass is 197 g/mol. The van der Waals surface area contributed by atoms with E-state index in [0.29, 0.717) is 5.92 Å². The van der Waals surface area contributed by atoms with Crippen LogP contribution in [-0.4, -0.2) is 0 Å². The van der Waals surface area contributed by atoms with Crippen molar-refractivity contribution in [1.82, 2.24) is 0 Å². The summed E-state index contributed by atoms with van der Waals surface area (Å²) in [6.07, 6.45) is 0. The molecule has 0 fully saturated rings. The van der Waals surface area contributed by atoms with Gasteiger partial charge in [0.15, 0.2) is 0 Å². The third kappa shape index (κ3) is 2.18. The Morgan fingerprint density at radius 1 is 0.800 bits per heavy atom. The number of hydrogen-bond acceptors (Lipinski definition) is 1. The third-order valence-electron chi connectivity index (χ3n) is 2.74. The van der Waals surface area contributed by atoms with Crippen LogP contribution in [0.1, 0.15) is 24.0 Å². The summed E-state index contributed by atoms with van der Waals surface area (Å²) < 4.78 is 0. The van der Waals surface area contributed by atoms with Crippen LogP contribution >= 0.6 is 0 Å². The van der Waals surface area contributed by atoms with Crippen molar-refractivity contribution < 1.29 is 0 Å². The Balaban J connectivity index is 2.29. The van der Waals surface area contributed by atoms with Crippen molar-refractivity contribution in [3.05, 3.63) is 65.7 Å². The highest BCUT2D eigenvalue weighted by molar-refractivity contribution is 5.42. The summed E-state index contributed by atoms with van der Waals surface area (Å²) in [5, 5.41) is 0. The van der Waals surface area contributed by atoms with E-state index >= 15 is 0 Å². The third-order valence-corrected chi connectivity index (χ3v) is 2.74. The van der Waals surface area contributed by atoms with E-state index in [1.807, 2.05) is 18.2 Å². The number of anilines is 1. The van der Waals surface area contributed by atoms with Gasteiger partial charge in [0.2, 0.25) is 0 Å². The fourth-order valence-corrected chi connectivity index (χ4v) is 1.72. The first-order valence-corrected chi connectivity index (χ1v) is 5.18. The quantitative estimate of drug-likeness (QED) is 0.733. The summed E-state index contributed by atoms with van der Waals surface area (Å²) in [6.45, 7) is 2.21. The topological polar surface area (TPSA) is 26.0 Å². The Hall–Kier alpha value is -1.76. The lowest BCUT2D eigenvalue weighted by atomic mass is 9.93. The van der Waals surface area contributed by atoms with Crippen LogP contribution in [0.4, 0.5) is 5.69 Å². The zero-order chi connectivity index (χ0) is 10.7. The number of rotatable bonds is 2. The summed E-state index contributed by atoms with van der Waals surface area (Å²) in [5.74, 6) is 0.423. The van der Waals surface area contributed by atoms with Gasteiger partial charge in [0.1, 0.15) is 0 Å². The van der Waals surface area contributed by atoms with Crippen LogP contribution in [-0.2, 0) is 0 Å². The maximum Gasteiger partial charge on any atom is 0.0314 e. The van der Waals surface area contributed by atoms with Crippen LogP contribution in [0.3, 0.4) is 0 Å². The highest BCUT2D eigenvalue weighted by Crippen LogP contribution is 2.24. The average Bonchev–Trinajstić information content (AvgIpc) is 2.30. The zero-order valence-electron chi connectivity index (χ0n) is 8.85. The minimum Gasteiger partial charge on any atom is -0.399 e. The molecule has 0 aromatic heterocycles. The van der Waals surface area contributed by atoms with Gasteiger partial charge >= 0.3 is 0 Å². The summed E-state index contributed by atoms with van der Waals surface area (Å²) in [7, 11) is 0. The maximum atomic E-state index is 5.67. The van der Waals surface area contributed by atoms with Crippen molar-refractivity contribution in [3.63, 3.8) is 0 Å². The maximum absolute atomic E-state index is 5.67. The first-order chi connectivity index (χ1) is 7.27. The SMILES string of the molecule is C[C@H](c1ccccc1)c1ccc(N)cc1. The first kappa shape index (κ1) is 9.78. The summed E-state index contributed by atoms with van der Waals surface area (Å²) in [6, 6.07) is 18.6.